The molecule has 0 saturated carbocycles. The Morgan fingerprint density at radius 2 is 1.80 bits per heavy atom. The first-order valence-corrected chi connectivity index (χ1v) is 5.81. The highest BCUT2D eigenvalue weighted by Crippen LogP contribution is 2.31. The number of nitrogens with zero attached hydrogens (tertiary/aromatic N) is 3. The van der Waals surface area contributed by atoms with Crippen molar-refractivity contribution in [3.8, 4) is 0 Å². The van der Waals surface area contributed by atoms with Gasteiger partial charge >= 0.3 is 11.4 Å². The van der Waals surface area contributed by atoms with Crippen LogP contribution in [0.5, 0.6) is 0 Å². The molecule has 0 unspecified atom stereocenters. The van der Waals surface area contributed by atoms with E-state index in [0.717, 1.165) is 6.07 Å². The first kappa shape index (κ1) is 13.9. The fraction of sp³-hybridized carbons (Fsp3) is 0.364. The zero-order chi connectivity index (χ0) is 14.7. The summed E-state index contributed by atoms with van der Waals surface area (Å²) in [5.41, 5.74) is -1.73. The molecule has 1 aliphatic heterocycles. The predicted octanol–water partition coefficient (Wildman–Crippen LogP) is 0.975. The van der Waals surface area contributed by atoms with Crippen LogP contribution in [0.15, 0.2) is 18.2 Å². The monoisotopic (exact) mass is 281 g/mol. The predicted molar refractivity (Wildman–Crippen MR) is 66.5 cm³/mol. The molecule has 1 saturated heterocycles. The molecule has 1 heterocycles. The van der Waals surface area contributed by atoms with Gasteiger partial charge in [-0.3, -0.25) is 25.0 Å². The molecule has 1 aliphatic rings. The number of morpholine rings is 1. The highest BCUT2D eigenvalue weighted by Gasteiger charge is 2.33. The summed E-state index contributed by atoms with van der Waals surface area (Å²) in [5, 5.41) is 21.9. The molecule has 1 aromatic carbocycles. The number of nitro benzene ring substituents is 2. The Bertz CT molecular complexity index is 567. The molecule has 0 radical (unpaired) electrons. The van der Waals surface area contributed by atoms with E-state index >= 15 is 0 Å². The molecule has 106 valence electrons. The summed E-state index contributed by atoms with van der Waals surface area (Å²) in [6.45, 7) is 1.29. The second-order valence-electron chi connectivity index (χ2n) is 4.09. The van der Waals surface area contributed by atoms with Crippen molar-refractivity contribution < 1.29 is 19.4 Å². The molecule has 9 nitrogen and oxygen atoms in total. The maximum Gasteiger partial charge on any atom is 0.358 e. The number of para-hydroxylation sites is 1. The summed E-state index contributed by atoms with van der Waals surface area (Å²) in [5.74, 6) is -0.594. The Morgan fingerprint density at radius 1 is 1.15 bits per heavy atom. The lowest BCUT2D eigenvalue weighted by Gasteiger charge is -2.26. The molecule has 0 aromatic heterocycles. The van der Waals surface area contributed by atoms with E-state index in [1.165, 1.54) is 17.0 Å². The van der Waals surface area contributed by atoms with Gasteiger partial charge in [-0.15, -0.1) is 0 Å². The van der Waals surface area contributed by atoms with Crippen LogP contribution in [-0.4, -0.2) is 47.0 Å². The minimum absolute atomic E-state index is 0.272. The summed E-state index contributed by atoms with van der Waals surface area (Å²) in [7, 11) is 0. The van der Waals surface area contributed by atoms with Crippen molar-refractivity contribution in [2.75, 3.05) is 26.3 Å². The van der Waals surface area contributed by atoms with Gasteiger partial charge < -0.3 is 9.64 Å². The number of nitro groups is 2. The number of rotatable bonds is 3. The van der Waals surface area contributed by atoms with Crippen molar-refractivity contribution in [1.82, 2.24) is 4.90 Å². The zero-order valence-electron chi connectivity index (χ0n) is 10.4. The number of hydrogen-bond donors (Lipinski definition) is 0. The Hall–Kier alpha value is -2.55. The van der Waals surface area contributed by atoms with E-state index in [1.54, 1.807) is 0 Å². The fourth-order valence-corrected chi connectivity index (χ4v) is 1.98. The number of carbonyl (C=O) groups excluding carboxylic acids is 1. The lowest BCUT2D eigenvalue weighted by Crippen LogP contribution is -2.40. The lowest BCUT2D eigenvalue weighted by atomic mass is 10.1. The second kappa shape index (κ2) is 5.61. The summed E-state index contributed by atoms with van der Waals surface area (Å²) in [6.07, 6.45) is 0. The maximum atomic E-state index is 12.2. The van der Waals surface area contributed by atoms with Gasteiger partial charge in [-0.05, 0) is 6.07 Å². The van der Waals surface area contributed by atoms with Gasteiger partial charge in [-0.2, -0.15) is 0 Å². The van der Waals surface area contributed by atoms with Crippen LogP contribution in [0.4, 0.5) is 11.4 Å². The SMILES string of the molecule is O=C(c1cccc([N+](=O)[O-])c1[N+](=O)[O-])N1CCOCC1. The molecule has 0 aliphatic carbocycles. The van der Waals surface area contributed by atoms with E-state index in [0.29, 0.717) is 26.3 Å². The Kier molecular flexibility index (Phi) is 3.89. The first-order chi connectivity index (χ1) is 9.52. The highest BCUT2D eigenvalue weighted by atomic mass is 16.6. The minimum Gasteiger partial charge on any atom is -0.378 e. The van der Waals surface area contributed by atoms with Gasteiger partial charge in [-0.25, -0.2) is 0 Å². The van der Waals surface area contributed by atoms with Gasteiger partial charge in [0, 0.05) is 19.2 Å². The molecule has 20 heavy (non-hydrogen) atoms. The van der Waals surface area contributed by atoms with Crippen molar-refractivity contribution in [3.05, 3.63) is 44.0 Å². The standard InChI is InChI=1S/C11H11N3O6/c15-11(12-4-6-20-7-5-12)8-2-1-3-9(13(16)17)10(8)14(18)19/h1-3H,4-7H2. The molecule has 9 heteroatoms. The first-order valence-electron chi connectivity index (χ1n) is 5.81. The number of carbonyl (C=O) groups is 1. The van der Waals surface area contributed by atoms with Gasteiger partial charge in [0.1, 0.15) is 5.56 Å². The molecule has 0 bridgehead atoms. The van der Waals surface area contributed by atoms with Crippen LogP contribution in [-0.2, 0) is 4.74 Å². The Balaban J connectivity index is 2.45. The van der Waals surface area contributed by atoms with Crippen molar-refractivity contribution in [2.45, 2.75) is 0 Å². The van der Waals surface area contributed by atoms with Crippen LogP contribution < -0.4 is 0 Å². The molecule has 0 N–H and O–H groups in total. The third-order valence-corrected chi connectivity index (χ3v) is 2.92. The third-order valence-electron chi connectivity index (χ3n) is 2.92. The number of hydrogen-bond acceptors (Lipinski definition) is 6. The summed E-state index contributed by atoms with van der Waals surface area (Å²) in [4.78, 5) is 33.7. The van der Waals surface area contributed by atoms with Crippen LogP contribution in [0.2, 0.25) is 0 Å². The van der Waals surface area contributed by atoms with E-state index < -0.39 is 27.1 Å². The summed E-state index contributed by atoms with van der Waals surface area (Å²) in [6, 6.07) is 3.50. The van der Waals surface area contributed by atoms with Crippen molar-refractivity contribution in [3.63, 3.8) is 0 Å². The topological polar surface area (TPSA) is 116 Å². The average molecular weight is 281 g/mol. The van der Waals surface area contributed by atoms with Crippen LogP contribution >= 0.6 is 0 Å². The smallest absolute Gasteiger partial charge is 0.358 e. The molecule has 0 atom stereocenters. The zero-order valence-corrected chi connectivity index (χ0v) is 10.4. The lowest BCUT2D eigenvalue weighted by molar-refractivity contribution is -0.422. The molecule has 2 rings (SSSR count). The van der Waals surface area contributed by atoms with Crippen LogP contribution in [0.25, 0.3) is 0 Å². The average Bonchev–Trinajstić information content (AvgIpc) is 2.46. The summed E-state index contributed by atoms with van der Waals surface area (Å²) < 4.78 is 5.09. The van der Waals surface area contributed by atoms with Crippen LogP contribution in [0.3, 0.4) is 0 Å². The highest BCUT2D eigenvalue weighted by molar-refractivity contribution is 5.99. The normalized spacial score (nSPS) is 14.9. The number of ether oxygens (including phenoxy) is 1. The molecule has 1 fully saturated rings. The minimum atomic E-state index is -0.897. The van der Waals surface area contributed by atoms with E-state index in [4.69, 9.17) is 4.74 Å². The van der Waals surface area contributed by atoms with Crippen molar-refractivity contribution >= 4 is 17.3 Å². The largest absolute Gasteiger partial charge is 0.378 e. The van der Waals surface area contributed by atoms with E-state index in [1.807, 2.05) is 0 Å². The summed E-state index contributed by atoms with van der Waals surface area (Å²) >= 11 is 0. The van der Waals surface area contributed by atoms with Crippen molar-refractivity contribution in [2.24, 2.45) is 0 Å². The second-order valence-corrected chi connectivity index (χ2v) is 4.09. The Labute approximate surface area is 113 Å². The third kappa shape index (κ3) is 2.57. The Morgan fingerprint density at radius 3 is 2.35 bits per heavy atom. The number of amides is 1. The van der Waals surface area contributed by atoms with Gasteiger partial charge in [0.2, 0.25) is 0 Å². The van der Waals surface area contributed by atoms with E-state index in [9.17, 15) is 25.0 Å². The van der Waals surface area contributed by atoms with Crippen molar-refractivity contribution in [1.29, 1.82) is 0 Å². The maximum absolute atomic E-state index is 12.2. The molecule has 1 amide bonds. The van der Waals surface area contributed by atoms with E-state index in [-0.39, 0.29) is 5.56 Å². The molecule has 1 aromatic rings. The fourth-order valence-electron chi connectivity index (χ4n) is 1.98. The quantitative estimate of drug-likeness (QED) is 0.602. The number of benzene rings is 1. The van der Waals surface area contributed by atoms with Crippen LogP contribution in [0, 0.1) is 20.2 Å². The molecular formula is C11H11N3O6. The van der Waals surface area contributed by atoms with Crippen LogP contribution in [0.1, 0.15) is 10.4 Å². The van der Waals surface area contributed by atoms with E-state index in [2.05, 4.69) is 0 Å². The van der Waals surface area contributed by atoms with Gasteiger partial charge in [0.05, 0.1) is 23.1 Å². The van der Waals surface area contributed by atoms with Gasteiger partial charge in [0.25, 0.3) is 5.91 Å². The van der Waals surface area contributed by atoms with Gasteiger partial charge in [0.15, 0.2) is 0 Å². The molecular weight excluding hydrogens is 270 g/mol. The van der Waals surface area contributed by atoms with Gasteiger partial charge in [-0.1, -0.05) is 6.07 Å². The molecule has 0 spiro atoms.